The Kier molecular flexibility index (Phi) is 3.35. The number of imidazole rings is 1. The van der Waals surface area contributed by atoms with Crippen LogP contribution in [-0.2, 0) is 0 Å². The summed E-state index contributed by atoms with van der Waals surface area (Å²) in [7, 11) is 0. The largest absolute Gasteiger partial charge is 0.384 e. The van der Waals surface area contributed by atoms with Gasteiger partial charge in [0.15, 0.2) is 11.5 Å². The Morgan fingerprint density at radius 3 is 2.79 bits per heavy atom. The number of nitrogens with one attached hydrogen (secondary N) is 1. The van der Waals surface area contributed by atoms with E-state index in [0.29, 0.717) is 28.8 Å². The molecule has 0 aliphatic carbocycles. The van der Waals surface area contributed by atoms with E-state index in [2.05, 4.69) is 29.7 Å². The van der Waals surface area contributed by atoms with Crippen molar-refractivity contribution in [2.75, 3.05) is 11.1 Å². The summed E-state index contributed by atoms with van der Waals surface area (Å²) in [5.74, 6) is 1.65. The Morgan fingerprint density at radius 1 is 1.17 bits per heavy atom. The minimum Gasteiger partial charge on any atom is -0.384 e. The fraction of sp³-hybridized carbons (Fsp3) is 0.133. The normalized spacial score (nSPS) is 11.1. The average molecular weight is 338 g/mol. The van der Waals surface area contributed by atoms with Gasteiger partial charge in [0.1, 0.15) is 22.3 Å². The lowest BCUT2D eigenvalue weighted by molar-refractivity contribution is 0.932. The molecule has 0 spiro atoms. The van der Waals surface area contributed by atoms with Crippen molar-refractivity contribution < 1.29 is 0 Å². The van der Waals surface area contributed by atoms with E-state index in [1.807, 2.05) is 25.1 Å². The second-order valence-electron chi connectivity index (χ2n) is 5.29. The molecule has 4 aromatic rings. The van der Waals surface area contributed by atoms with Gasteiger partial charge in [0.05, 0.1) is 11.4 Å². The third-order valence-electron chi connectivity index (χ3n) is 3.36. The van der Waals surface area contributed by atoms with Crippen molar-refractivity contribution in [1.29, 1.82) is 0 Å². The Morgan fingerprint density at radius 2 is 2.04 bits per heavy atom. The molecule has 0 saturated heterocycles. The number of hydrogen-bond acceptors (Lipinski definition) is 8. The van der Waals surface area contributed by atoms with Gasteiger partial charge in [-0.25, -0.2) is 19.5 Å². The third kappa shape index (κ3) is 2.54. The quantitative estimate of drug-likeness (QED) is 0.591. The molecule has 0 radical (unpaired) electrons. The van der Waals surface area contributed by atoms with Crippen LogP contribution in [0, 0.1) is 13.8 Å². The summed E-state index contributed by atoms with van der Waals surface area (Å²) in [5, 5.41) is 8.59. The summed E-state index contributed by atoms with van der Waals surface area (Å²) in [4.78, 5) is 13.2. The van der Waals surface area contributed by atoms with Crippen LogP contribution in [0.3, 0.4) is 0 Å². The van der Waals surface area contributed by atoms with Crippen LogP contribution in [0.4, 0.5) is 16.6 Å². The van der Waals surface area contributed by atoms with Crippen LogP contribution < -0.4 is 11.1 Å². The highest BCUT2D eigenvalue weighted by molar-refractivity contribution is 7.10. The fourth-order valence-electron chi connectivity index (χ4n) is 2.46. The highest BCUT2D eigenvalue weighted by Crippen LogP contribution is 2.31. The van der Waals surface area contributed by atoms with Crippen LogP contribution in [0.1, 0.15) is 11.5 Å². The van der Waals surface area contributed by atoms with Crippen molar-refractivity contribution in [3.8, 4) is 11.4 Å². The predicted octanol–water partition coefficient (Wildman–Crippen LogP) is 2.59. The number of nitrogen functional groups attached to an aromatic ring is 1. The molecule has 8 nitrogen and oxygen atoms in total. The Balaban J connectivity index is 1.92. The van der Waals surface area contributed by atoms with E-state index in [9.17, 15) is 0 Å². The Hall–Kier alpha value is -3.07. The number of rotatable bonds is 3. The first kappa shape index (κ1) is 14.5. The molecule has 3 N–H and O–H groups in total. The smallest absolute Gasteiger partial charge is 0.161 e. The minimum atomic E-state index is 0.406. The molecule has 0 bridgehead atoms. The molecule has 0 saturated carbocycles. The van der Waals surface area contributed by atoms with Crippen LogP contribution >= 0.6 is 11.5 Å². The van der Waals surface area contributed by atoms with Crippen LogP contribution in [0.25, 0.3) is 17.0 Å². The first-order valence-corrected chi connectivity index (χ1v) is 8.03. The van der Waals surface area contributed by atoms with Crippen molar-refractivity contribution in [3.63, 3.8) is 0 Å². The molecule has 120 valence electrons. The first-order chi connectivity index (χ1) is 11.6. The zero-order chi connectivity index (χ0) is 16.7. The van der Waals surface area contributed by atoms with Gasteiger partial charge in [-0.15, -0.1) is 0 Å². The highest BCUT2D eigenvalue weighted by atomic mass is 32.1. The minimum absolute atomic E-state index is 0.406. The summed E-state index contributed by atoms with van der Waals surface area (Å²) < 4.78 is 6.01. The monoisotopic (exact) mass is 338 g/mol. The van der Waals surface area contributed by atoms with Crippen molar-refractivity contribution in [1.82, 2.24) is 28.9 Å². The molecule has 0 unspecified atom stereocenters. The Labute approximate surface area is 141 Å². The van der Waals surface area contributed by atoms with Crippen molar-refractivity contribution >= 4 is 33.8 Å². The molecule has 0 aromatic carbocycles. The molecule has 0 atom stereocenters. The van der Waals surface area contributed by atoms with Crippen molar-refractivity contribution in [2.24, 2.45) is 0 Å². The Bertz CT molecular complexity index is 1010. The molecule has 4 aromatic heterocycles. The molecular formula is C15H14N8S. The van der Waals surface area contributed by atoms with E-state index in [4.69, 9.17) is 5.73 Å². The topological polar surface area (TPSA) is 107 Å². The van der Waals surface area contributed by atoms with Gasteiger partial charge in [0.25, 0.3) is 0 Å². The van der Waals surface area contributed by atoms with Gasteiger partial charge in [-0.1, -0.05) is 0 Å². The van der Waals surface area contributed by atoms with Gasteiger partial charge in [-0.2, -0.15) is 9.47 Å². The van der Waals surface area contributed by atoms with Crippen molar-refractivity contribution in [2.45, 2.75) is 13.8 Å². The van der Waals surface area contributed by atoms with E-state index in [0.717, 1.165) is 16.4 Å². The average Bonchev–Trinajstić information content (AvgIpc) is 3.09. The maximum Gasteiger partial charge on any atom is 0.161 e. The lowest BCUT2D eigenvalue weighted by atomic mass is 10.3. The summed E-state index contributed by atoms with van der Waals surface area (Å²) in [6, 6.07) is 7.41. The van der Waals surface area contributed by atoms with Gasteiger partial charge in [-0.05, 0) is 43.6 Å². The lowest BCUT2D eigenvalue weighted by Gasteiger charge is -2.06. The van der Waals surface area contributed by atoms with Crippen LogP contribution in [0.15, 0.2) is 30.5 Å². The molecule has 4 heterocycles. The van der Waals surface area contributed by atoms with Gasteiger partial charge in [0, 0.05) is 12.3 Å². The number of nitrogens with zero attached hydrogens (tertiary/aromatic N) is 6. The standard InChI is InChI=1S/C15H14N8S/c1-8-6-13(24-22-8)21-15-14(10-7-11(16)19-9(2)18-10)23-12(20-15)4-3-5-17-23/h3-7,21H,1-2H3,(H2,16,18,19). The zero-order valence-corrected chi connectivity index (χ0v) is 13.9. The number of hydrogen-bond donors (Lipinski definition) is 2. The second kappa shape index (κ2) is 5.53. The first-order valence-electron chi connectivity index (χ1n) is 7.26. The van der Waals surface area contributed by atoms with E-state index < -0.39 is 0 Å². The molecule has 24 heavy (non-hydrogen) atoms. The SMILES string of the molecule is Cc1cc(Nc2nc3cccnn3c2-c2cc(N)nc(C)n2)sn1. The molecule has 0 fully saturated rings. The number of fused-ring (bicyclic) bond motifs is 1. The molecular weight excluding hydrogens is 324 g/mol. The maximum absolute atomic E-state index is 5.89. The molecule has 9 heteroatoms. The number of anilines is 3. The van der Waals surface area contributed by atoms with E-state index in [-0.39, 0.29) is 0 Å². The maximum atomic E-state index is 5.89. The van der Waals surface area contributed by atoms with E-state index in [1.165, 1.54) is 11.5 Å². The zero-order valence-electron chi connectivity index (χ0n) is 13.1. The molecule has 4 rings (SSSR count). The highest BCUT2D eigenvalue weighted by Gasteiger charge is 2.18. The van der Waals surface area contributed by atoms with Gasteiger partial charge < -0.3 is 11.1 Å². The number of aryl methyl sites for hydroxylation is 2. The summed E-state index contributed by atoms with van der Waals surface area (Å²) in [6.45, 7) is 3.75. The number of aromatic nitrogens is 6. The third-order valence-corrected chi connectivity index (χ3v) is 4.16. The predicted molar refractivity (Wildman–Crippen MR) is 93.3 cm³/mol. The van der Waals surface area contributed by atoms with Crippen LogP contribution in [-0.4, -0.2) is 28.9 Å². The van der Waals surface area contributed by atoms with E-state index >= 15 is 0 Å². The summed E-state index contributed by atoms with van der Waals surface area (Å²) in [5.41, 5.74) is 8.94. The second-order valence-corrected chi connectivity index (χ2v) is 6.09. The molecule has 0 amide bonds. The van der Waals surface area contributed by atoms with Crippen molar-refractivity contribution in [3.05, 3.63) is 42.0 Å². The van der Waals surface area contributed by atoms with E-state index in [1.54, 1.807) is 23.7 Å². The van der Waals surface area contributed by atoms with Crippen LogP contribution in [0.2, 0.25) is 0 Å². The van der Waals surface area contributed by atoms with Gasteiger partial charge in [-0.3, -0.25) is 0 Å². The van der Waals surface area contributed by atoms with Crippen LogP contribution in [0.5, 0.6) is 0 Å². The summed E-state index contributed by atoms with van der Waals surface area (Å²) in [6.07, 6.45) is 1.70. The lowest BCUT2D eigenvalue weighted by Crippen LogP contribution is -2.01. The fourth-order valence-corrected chi connectivity index (χ4v) is 3.12. The molecule has 0 aliphatic heterocycles. The van der Waals surface area contributed by atoms with Gasteiger partial charge in [0.2, 0.25) is 0 Å². The number of nitrogens with two attached hydrogens (primary N) is 1. The summed E-state index contributed by atoms with van der Waals surface area (Å²) >= 11 is 1.38. The molecule has 0 aliphatic rings. The van der Waals surface area contributed by atoms with Gasteiger partial charge >= 0.3 is 0 Å².